The van der Waals surface area contributed by atoms with Gasteiger partial charge in [-0.05, 0) is 69.6 Å². The summed E-state index contributed by atoms with van der Waals surface area (Å²) in [6.07, 6.45) is 1.84. The summed E-state index contributed by atoms with van der Waals surface area (Å²) in [6.45, 7) is 4.65. The standard InChI is InChI=1S/C28H31N7O3/c1-17-16-37-20(14-34(2)3)15-35(17)18-7-9-23-24(12-18)31-27(30-23)26-21-13-19(8-10-22(21)32-33-26)38-28-25(36-4)6-5-11-29-28/h5-13,17,20H,14-16H2,1-4H3,(H,30,31)(H,32,33). The molecule has 2 N–H and O–H groups in total. The number of ether oxygens (including phenoxy) is 3. The summed E-state index contributed by atoms with van der Waals surface area (Å²) in [4.78, 5) is 17.2. The van der Waals surface area contributed by atoms with E-state index in [9.17, 15) is 0 Å². The van der Waals surface area contributed by atoms with Crippen molar-refractivity contribution < 1.29 is 14.2 Å². The van der Waals surface area contributed by atoms with Gasteiger partial charge in [-0.15, -0.1) is 0 Å². The number of likely N-dealkylation sites (N-methyl/N-ethyl adjacent to an activating group) is 1. The van der Waals surface area contributed by atoms with Crippen LogP contribution in [0.25, 0.3) is 33.5 Å². The maximum absolute atomic E-state index is 6.06. The van der Waals surface area contributed by atoms with Gasteiger partial charge < -0.3 is 29.0 Å². The van der Waals surface area contributed by atoms with E-state index in [1.807, 2.05) is 24.3 Å². The first-order valence-corrected chi connectivity index (χ1v) is 12.7. The minimum Gasteiger partial charge on any atom is -0.491 e. The lowest BCUT2D eigenvalue weighted by Gasteiger charge is -2.40. The number of nitrogens with one attached hydrogen (secondary N) is 2. The highest BCUT2D eigenvalue weighted by atomic mass is 16.5. The summed E-state index contributed by atoms with van der Waals surface area (Å²) in [5.74, 6) is 2.29. The number of rotatable bonds is 7. The highest BCUT2D eigenvalue weighted by molar-refractivity contribution is 5.94. The third-order valence-electron chi connectivity index (χ3n) is 6.80. The fourth-order valence-corrected chi connectivity index (χ4v) is 4.94. The van der Waals surface area contributed by atoms with E-state index in [2.05, 4.69) is 69.2 Å². The Labute approximate surface area is 220 Å². The highest BCUT2D eigenvalue weighted by Gasteiger charge is 2.27. The third kappa shape index (κ3) is 4.64. The predicted molar refractivity (Wildman–Crippen MR) is 147 cm³/mol. The van der Waals surface area contributed by atoms with Gasteiger partial charge in [0.2, 0.25) is 0 Å². The van der Waals surface area contributed by atoms with E-state index < -0.39 is 0 Å². The molecule has 10 heteroatoms. The molecule has 10 nitrogen and oxygen atoms in total. The van der Waals surface area contributed by atoms with Gasteiger partial charge in [-0.3, -0.25) is 5.10 Å². The molecule has 2 aromatic carbocycles. The van der Waals surface area contributed by atoms with Crippen molar-refractivity contribution in [3.05, 3.63) is 54.7 Å². The van der Waals surface area contributed by atoms with E-state index in [-0.39, 0.29) is 6.10 Å². The first-order chi connectivity index (χ1) is 18.5. The van der Waals surface area contributed by atoms with Crippen molar-refractivity contribution in [3.63, 3.8) is 0 Å². The fraction of sp³-hybridized carbons (Fsp3) is 0.321. The summed E-state index contributed by atoms with van der Waals surface area (Å²) >= 11 is 0. The lowest BCUT2D eigenvalue weighted by molar-refractivity contribution is 0.00880. The molecule has 2 unspecified atom stereocenters. The number of aromatic nitrogens is 5. The molecule has 196 valence electrons. The van der Waals surface area contributed by atoms with Crippen molar-refractivity contribution >= 4 is 27.6 Å². The average Bonchev–Trinajstić information content (AvgIpc) is 3.53. The maximum Gasteiger partial charge on any atom is 0.262 e. The molecular weight excluding hydrogens is 482 g/mol. The molecule has 2 atom stereocenters. The van der Waals surface area contributed by atoms with Crippen LogP contribution in [-0.2, 0) is 4.74 Å². The van der Waals surface area contributed by atoms with E-state index >= 15 is 0 Å². The van der Waals surface area contributed by atoms with Crippen molar-refractivity contribution in [2.24, 2.45) is 0 Å². The number of pyridine rings is 1. The number of nitrogens with zero attached hydrogens (tertiary/aromatic N) is 5. The molecule has 0 amide bonds. The van der Waals surface area contributed by atoms with Crippen molar-refractivity contribution in [2.75, 3.05) is 45.8 Å². The summed E-state index contributed by atoms with van der Waals surface area (Å²) in [5.41, 5.74) is 4.61. The Morgan fingerprint density at radius 3 is 2.87 bits per heavy atom. The van der Waals surface area contributed by atoms with E-state index in [0.29, 0.717) is 35.9 Å². The normalized spacial score (nSPS) is 18.0. The second kappa shape index (κ2) is 9.96. The zero-order valence-corrected chi connectivity index (χ0v) is 21.9. The van der Waals surface area contributed by atoms with Crippen molar-refractivity contribution in [2.45, 2.75) is 19.1 Å². The van der Waals surface area contributed by atoms with Crippen LogP contribution in [0.3, 0.4) is 0 Å². The zero-order chi connectivity index (χ0) is 26.2. The fourth-order valence-electron chi connectivity index (χ4n) is 4.94. The predicted octanol–water partition coefficient (Wildman–Crippen LogP) is 4.46. The molecule has 0 spiro atoms. The molecule has 1 fully saturated rings. The lowest BCUT2D eigenvalue weighted by atomic mass is 10.1. The van der Waals surface area contributed by atoms with Crippen molar-refractivity contribution in [1.82, 2.24) is 30.0 Å². The molecule has 1 aliphatic heterocycles. The number of morpholine rings is 1. The number of hydrogen-bond acceptors (Lipinski definition) is 8. The Morgan fingerprint density at radius 1 is 1.13 bits per heavy atom. The van der Waals surface area contributed by atoms with Gasteiger partial charge in [-0.1, -0.05) is 0 Å². The number of aromatic amines is 2. The monoisotopic (exact) mass is 513 g/mol. The number of methoxy groups -OCH3 is 1. The lowest BCUT2D eigenvalue weighted by Crippen LogP contribution is -2.51. The molecule has 0 bridgehead atoms. The third-order valence-corrected chi connectivity index (χ3v) is 6.80. The van der Waals surface area contributed by atoms with Crippen LogP contribution in [-0.4, -0.2) is 83.1 Å². The number of fused-ring (bicyclic) bond motifs is 2. The van der Waals surface area contributed by atoms with E-state index in [0.717, 1.165) is 46.4 Å². The summed E-state index contributed by atoms with van der Waals surface area (Å²) in [5, 5.41) is 8.55. The van der Waals surface area contributed by atoms with Gasteiger partial charge in [-0.2, -0.15) is 5.10 Å². The van der Waals surface area contributed by atoms with Gasteiger partial charge in [0.1, 0.15) is 11.4 Å². The second-order valence-electron chi connectivity index (χ2n) is 9.90. The van der Waals surface area contributed by atoms with Crippen LogP contribution in [0.5, 0.6) is 17.4 Å². The summed E-state index contributed by atoms with van der Waals surface area (Å²) in [7, 11) is 5.75. The number of benzene rings is 2. The second-order valence-corrected chi connectivity index (χ2v) is 9.90. The van der Waals surface area contributed by atoms with Gasteiger partial charge in [-0.25, -0.2) is 9.97 Å². The number of hydrogen-bond donors (Lipinski definition) is 2. The van der Waals surface area contributed by atoms with Gasteiger partial charge >= 0.3 is 0 Å². The first kappa shape index (κ1) is 24.2. The highest BCUT2D eigenvalue weighted by Crippen LogP contribution is 2.34. The van der Waals surface area contributed by atoms with Crippen LogP contribution in [0.4, 0.5) is 5.69 Å². The zero-order valence-electron chi connectivity index (χ0n) is 21.9. The molecule has 0 aliphatic carbocycles. The van der Waals surface area contributed by atoms with Crippen LogP contribution >= 0.6 is 0 Å². The van der Waals surface area contributed by atoms with Crippen molar-refractivity contribution in [1.29, 1.82) is 0 Å². The Morgan fingerprint density at radius 2 is 2.03 bits per heavy atom. The number of anilines is 1. The van der Waals surface area contributed by atoms with Crippen molar-refractivity contribution in [3.8, 4) is 28.9 Å². The Hall–Kier alpha value is -4.15. The van der Waals surface area contributed by atoms with Crippen LogP contribution in [0.15, 0.2) is 54.7 Å². The quantitative estimate of drug-likeness (QED) is 0.329. The van der Waals surface area contributed by atoms with Crippen LogP contribution < -0.4 is 14.4 Å². The molecule has 38 heavy (non-hydrogen) atoms. The minimum absolute atomic E-state index is 0.173. The molecule has 0 radical (unpaired) electrons. The average molecular weight is 514 g/mol. The smallest absolute Gasteiger partial charge is 0.262 e. The van der Waals surface area contributed by atoms with E-state index in [4.69, 9.17) is 19.2 Å². The molecule has 4 heterocycles. The Balaban J connectivity index is 1.30. The molecule has 1 saturated heterocycles. The molecule has 0 saturated carbocycles. The molecule has 1 aliphatic rings. The van der Waals surface area contributed by atoms with Gasteiger partial charge in [0, 0.05) is 36.4 Å². The molecular formula is C28H31N7O3. The Kier molecular flexibility index (Phi) is 6.34. The SMILES string of the molecule is COc1cccnc1Oc1ccc2[nH]nc(-c3nc4ccc(N5CC(CN(C)C)OCC5C)cc4[nH]3)c2c1. The van der Waals surface area contributed by atoms with Gasteiger partial charge in [0.15, 0.2) is 11.6 Å². The molecule has 3 aromatic heterocycles. The van der Waals surface area contributed by atoms with Crippen LogP contribution in [0, 0.1) is 0 Å². The van der Waals surface area contributed by atoms with Crippen LogP contribution in [0.1, 0.15) is 6.92 Å². The van der Waals surface area contributed by atoms with E-state index in [1.165, 1.54) is 0 Å². The molecule has 5 aromatic rings. The summed E-state index contributed by atoms with van der Waals surface area (Å²) < 4.78 is 17.4. The number of imidazole rings is 1. The maximum atomic E-state index is 6.06. The van der Waals surface area contributed by atoms with Crippen LogP contribution in [0.2, 0.25) is 0 Å². The van der Waals surface area contributed by atoms with Gasteiger partial charge in [0.05, 0.1) is 36.4 Å². The van der Waals surface area contributed by atoms with E-state index in [1.54, 1.807) is 19.4 Å². The number of H-pyrrole nitrogens is 2. The summed E-state index contributed by atoms with van der Waals surface area (Å²) in [6, 6.07) is 16.0. The topological polar surface area (TPSA) is 104 Å². The van der Waals surface area contributed by atoms with Gasteiger partial charge in [0.25, 0.3) is 5.88 Å². The first-order valence-electron chi connectivity index (χ1n) is 12.7. The molecule has 6 rings (SSSR count). The Bertz CT molecular complexity index is 1580. The largest absolute Gasteiger partial charge is 0.491 e. The minimum atomic E-state index is 0.173.